The normalized spacial score (nSPS) is 16.4. The maximum absolute atomic E-state index is 14.1. The second-order valence-corrected chi connectivity index (χ2v) is 8.43. The average Bonchev–Trinajstić information content (AvgIpc) is 3.54. The van der Waals surface area contributed by atoms with Crippen molar-refractivity contribution in [3.8, 4) is 11.5 Å². The number of hydrogen-bond acceptors (Lipinski definition) is 5. The lowest BCUT2D eigenvalue weighted by Crippen LogP contribution is -2.37. The van der Waals surface area contributed by atoms with Gasteiger partial charge in [-0.15, -0.1) is 0 Å². The third kappa shape index (κ3) is 4.29. The highest BCUT2D eigenvalue weighted by Gasteiger charge is 2.36. The van der Waals surface area contributed by atoms with Gasteiger partial charge in [0.2, 0.25) is 5.91 Å². The van der Waals surface area contributed by atoms with Gasteiger partial charge in [-0.05, 0) is 43.2 Å². The molecule has 0 saturated carbocycles. The number of hydrogen-bond donors (Lipinski definition) is 1. The molecule has 1 fully saturated rings. The van der Waals surface area contributed by atoms with E-state index in [2.05, 4.69) is 16.4 Å². The number of nitrogens with one attached hydrogen (secondary N) is 1. The minimum atomic E-state index is -0.582. The van der Waals surface area contributed by atoms with Crippen LogP contribution in [0, 0.1) is 0 Å². The second kappa shape index (κ2) is 9.47. The molecule has 0 radical (unpaired) electrons. The summed E-state index contributed by atoms with van der Waals surface area (Å²) >= 11 is 0. The molecule has 1 N–H and O–H groups in total. The molecule has 1 aliphatic rings. The van der Waals surface area contributed by atoms with Crippen molar-refractivity contribution in [2.75, 3.05) is 26.1 Å². The fraction of sp³-hybridized carbons (Fsp3) is 0.259. The number of carbonyl (C=O) groups is 1. The monoisotopic (exact) mass is 456 g/mol. The Morgan fingerprint density at radius 3 is 2.56 bits per heavy atom. The van der Waals surface area contributed by atoms with Crippen molar-refractivity contribution in [2.45, 2.75) is 24.9 Å². The van der Waals surface area contributed by atoms with Crippen LogP contribution in [0.5, 0.6) is 11.5 Å². The largest absolute Gasteiger partial charge is 0.497 e. The third-order valence-corrected chi connectivity index (χ3v) is 6.33. The Kier molecular flexibility index (Phi) is 6.08. The Morgan fingerprint density at radius 2 is 1.85 bits per heavy atom. The van der Waals surface area contributed by atoms with Crippen molar-refractivity contribution < 1.29 is 14.3 Å². The zero-order chi connectivity index (χ0) is 23.5. The number of rotatable bonds is 7. The molecular weight excluding hydrogens is 428 g/mol. The number of anilines is 1. The van der Waals surface area contributed by atoms with E-state index in [0.29, 0.717) is 18.0 Å². The first kappa shape index (κ1) is 21.8. The molecular formula is C27H28N4O3. The van der Waals surface area contributed by atoms with E-state index >= 15 is 0 Å². The van der Waals surface area contributed by atoms with Crippen LogP contribution in [-0.4, -0.2) is 41.0 Å². The number of carbonyl (C=O) groups excluding carboxylic acids is 1. The predicted octanol–water partition coefficient (Wildman–Crippen LogP) is 4.87. The van der Waals surface area contributed by atoms with Crippen LogP contribution >= 0.6 is 0 Å². The first-order chi connectivity index (χ1) is 16.7. The highest BCUT2D eigenvalue weighted by molar-refractivity contribution is 5.87. The van der Waals surface area contributed by atoms with E-state index in [1.54, 1.807) is 20.4 Å². The van der Waals surface area contributed by atoms with Crippen LogP contribution in [0.25, 0.3) is 5.52 Å². The molecule has 34 heavy (non-hydrogen) atoms. The lowest BCUT2D eigenvalue weighted by atomic mass is 10.1. The molecule has 7 nitrogen and oxygen atoms in total. The smallest absolute Gasteiger partial charge is 0.250 e. The lowest BCUT2D eigenvalue weighted by Gasteiger charge is -2.29. The van der Waals surface area contributed by atoms with Gasteiger partial charge >= 0.3 is 0 Å². The third-order valence-electron chi connectivity index (χ3n) is 6.33. The first-order valence-electron chi connectivity index (χ1n) is 11.4. The van der Waals surface area contributed by atoms with Gasteiger partial charge in [-0.25, -0.2) is 0 Å². The average molecular weight is 457 g/mol. The Balaban J connectivity index is 1.53. The zero-order valence-corrected chi connectivity index (χ0v) is 19.3. The molecule has 1 saturated heterocycles. The van der Waals surface area contributed by atoms with E-state index < -0.39 is 6.04 Å². The lowest BCUT2D eigenvalue weighted by molar-refractivity contribution is -0.133. The number of methoxy groups -OCH3 is 2. The number of ether oxygens (including phenoxy) is 2. The number of aromatic nitrogens is 2. The first-order valence-corrected chi connectivity index (χ1v) is 11.4. The standard InChI is InChI=1S/C27H28N4O3/c1-33-22-15-20(16-23(17-22)34-2)29-26(19-14-21-8-4-6-12-30(21)18-19)27(32)31-13-7-10-25(31)24-9-3-5-11-28-24/h3-6,8-9,11-12,14-18,25-26,29H,7,10,13H2,1-2H3. The summed E-state index contributed by atoms with van der Waals surface area (Å²) < 4.78 is 12.9. The van der Waals surface area contributed by atoms with E-state index in [-0.39, 0.29) is 11.9 Å². The van der Waals surface area contributed by atoms with E-state index in [1.807, 2.05) is 76.3 Å². The summed E-state index contributed by atoms with van der Waals surface area (Å²) in [4.78, 5) is 20.6. The van der Waals surface area contributed by atoms with Gasteiger partial charge in [0, 0.05) is 60.1 Å². The van der Waals surface area contributed by atoms with Crippen LogP contribution in [0.4, 0.5) is 5.69 Å². The van der Waals surface area contributed by atoms with Gasteiger partial charge in [-0.3, -0.25) is 9.78 Å². The molecule has 1 aliphatic heterocycles. The van der Waals surface area contributed by atoms with Gasteiger partial charge in [0.25, 0.3) is 0 Å². The number of benzene rings is 1. The van der Waals surface area contributed by atoms with E-state index in [4.69, 9.17) is 9.47 Å². The van der Waals surface area contributed by atoms with Crippen LogP contribution in [0.3, 0.4) is 0 Å². The van der Waals surface area contributed by atoms with Crippen LogP contribution in [0.2, 0.25) is 0 Å². The highest BCUT2D eigenvalue weighted by Crippen LogP contribution is 2.36. The fourth-order valence-electron chi connectivity index (χ4n) is 4.66. The van der Waals surface area contributed by atoms with Crippen molar-refractivity contribution in [3.63, 3.8) is 0 Å². The maximum Gasteiger partial charge on any atom is 0.250 e. The van der Waals surface area contributed by atoms with E-state index in [0.717, 1.165) is 35.3 Å². The van der Waals surface area contributed by atoms with E-state index in [1.165, 1.54) is 0 Å². The summed E-state index contributed by atoms with van der Waals surface area (Å²) in [5.41, 5.74) is 3.60. The van der Waals surface area contributed by atoms with Crippen LogP contribution in [0.1, 0.15) is 36.2 Å². The van der Waals surface area contributed by atoms with Crippen LogP contribution in [0.15, 0.2) is 79.3 Å². The molecule has 4 heterocycles. The second-order valence-electron chi connectivity index (χ2n) is 8.43. The van der Waals surface area contributed by atoms with Crippen molar-refractivity contribution in [2.24, 2.45) is 0 Å². The molecule has 174 valence electrons. The Hall–Kier alpha value is -4.00. The molecule has 0 aliphatic carbocycles. The van der Waals surface area contributed by atoms with Crippen LogP contribution in [-0.2, 0) is 4.79 Å². The SMILES string of the molecule is COc1cc(NC(C(=O)N2CCCC2c2ccccn2)c2cc3ccccn3c2)cc(OC)c1. The minimum Gasteiger partial charge on any atom is -0.497 e. The molecule has 1 amide bonds. The number of likely N-dealkylation sites (tertiary alicyclic amines) is 1. The highest BCUT2D eigenvalue weighted by atomic mass is 16.5. The number of pyridine rings is 2. The molecule has 2 unspecified atom stereocenters. The summed E-state index contributed by atoms with van der Waals surface area (Å²) in [5, 5.41) is 3.47. The Morgan fingerprint density at radius 1 is 1.06 bits per heavy atom. The van der Waals surface area contributed by atoms with Crippen molar-refractivity contribution in [1.29, 1.82) is 0 Å². The predicted molar refractivity (Wildman–Crippen MR) is 131 cm³/mol. The molecule has 0 bridgehead atoms. The van der Waals surface area contributed by atoms with Crippen molar-refractivity contribution >= 4 is 17.1 Å². The van der Waals surface area contributed by atoms with Gasteiger partial charge in [0.05, 0.1) is 26.0 Å². The van der Waals surface area contributed by atoms with Gasteiger partial charge in [-0.1, -0.05) is 12.1 Å². The van der Waals surface area contributed by atoms with Gasteiger partial charge < -0.3 is 24.1 Å². The number of nitrogens with zero attached hydrogens (tertiary/aromatic N) is 3. The minimum absolute atomic E-state index is 0.0193. The van der Waals surface area contributed by atoms with Gasteiger partial charge in [0.15, 0.2) is 0 Å². The molecule has 3 aromatic heterocycles. The number of fused-ring (bicyclic) bond motifs is 1. The van der Waals surface area contributed by atoms with E-state index in [9.17, 15) is 4.79 Å². The topological polar surface area (TPSA) is 68.1 Å². The summed E-state index contributed by atoms with van der Waals surface area (Å²) in [6.45, 7) is 0.701. The van der Waals surface area contributed by atoms with Crippen molar-refractivity contribution in [1.82, 2.24) is 14.3 Å². The summed E-state index contributed by atoms with van der Waals surface area (Å²) in [5.74, 6) is 1.33. The van der Waals surface area contributed by atoms with Gasteiger partial charge in [-0.2, -0.15) is 0 Å². The maximum atomic E-state index is 14.1. The molecule has 2 atom stereocenters. The zero-order valence-electron chi connectivity index (χ0n) is 19.3. The molecule has 7 heteroatoms. The molecule has 0 spiro atoms. The molecule has 5 rings (SSSR count). The van der Waals surface area contributed by atoms with Gasteiger partial charge in [0.1, 0.15) is 17.5 Å². The summed E-state index contributed by atoms with van der Waals surface area (Å²) in [7, 11) is 3.23. The van der Waals surface area contributed by atoms with Crippen molar-refractivity contribution in [3.05, 3.63) is 90.5 Å². The Labute approximate surface area is 198 Å². The Bertz CT molecular complexity index is 1230. The molecule has 4 aromatic rings. The van der Waals surface area contributed by atoms with Crippen LogP contribution < -0.4 is 14.8 Å². The molecule has 1 aromatic carbocycles. The fourth-order valence-corrected chi connectivity index (χ4v) is 4.66. The number of amides is 1. The quantitative estimate of drug-likeness (QED) is 0.430. The summed E-state index contributed by atoms with van der Waals surface area (Å²) in [6, 6.07) is 18.9. The summed E-state index contributed by atoms with van der Waals surface area (Å²) in [6.07, 6.45) is 7.63.